The standard InChI is InChI=1S/C13H19N3O4S/c1-9-10(6-4-8-14-9)15-11-5-3-7-12(21(2,19)20)13(11)16(17)18/h3,5,7,9-10,14-15H,4,6,8H2,1-2H3. The van der Waals surface area contributed by atoms with E-state index in [1.165, 1.54) is 12.1 Å². The second kappa shape index (κ2) is 5.98. The van der Waals surface area contributed by atoms with Gasteiger partial charge in [0.15, 0.2) is 9.84 Å². The van der Waals surface area contributed by atoms with Crippen LogP contribution in [0.25, 0.3) is 0 Å². The van der Waals surface area contributed by atoms with Crippen molar-refractivity contribution in [3.05, 3.63) is 28.3 Å². The number of rotatable bonds is 4. The van der Waals surface area contributed by atoms with Crippen molar-refractivity contribution in [2.24, 2.45) is 0 Å². The summed E-state index contributed by atoms with van der Waals surface area (Å²) in [6, 6.07) is 4.54. The van der Waals surface area contributed by atoms with Gasteiger partial charge in [-0.25, -0.2) is 8.42 Å². The zero-order valence-electron chi connectivity index (χ0n) is 12.0. The lowest BCUT2D eigenvalue weighted by Gasteiger charge is -2.31. The van der Waals surface area contributed by atoms with E-state index in [4.69, 9.17) is 0 Å². The maximum absolute atomic E-state index is 11.7. The molecular weight excluding hydrogens is 294 g/mol. The van der Waals surface area contributed by atoms with Crippen LogP contribution in [0.2, 0.25) is 0 Å². The van der Waals surface area contributed by atoms with Gasteiger partial charge in [-0.1, -0.05) is 6.07 Å². The predicted molar refractivity (Wildman–Crippen MR) is 80.3 cm³/mol. The zero-order valence-corrected chi connectivity index (χ0v) is 12.8. The summed E-state index contributed by atoms with van der Waals surface area (Å²) in [6.07, 6.45) is 2.83. The highest BCUT2D eigenvalue weighted by Gasteiger charge is 2.29. The number of hydrogen-bond acceptors (Lipinski definition) is 6. The van der Waals surface area contributed by atoms with Crippen molar-refractivity contribution in [3.63, 3.8) is 0 Å². The lowest BCUT2D eigenvalue weighted by molar-refractivity contribution is -0.386. The number of benzene rings is 1. The van der Waals surface area contributed by atoms with Crippen molar-refractivity contribution in [3.8, 4) is 0 Å². The average Bonchev–Trinajstić information content (AvgIpc) is 2.40. The molecule has 0 aliphatic carbocycles. The molecule has 1 heterocycles. The average molecular weight is 313 g/mol. The Labute approximate surface area is 123 Å². The number of nitro benzene ring substituents is 1. The van der Waals surface area contributed by atoms with Crippen LogP contribution in [0.5, 0.6) is 0 Å². The Morgan fingerprint density at radius 1 is 1.43 bits per heavy atom. The van der Waals surface area contributed by atoms with Gasteiger partial charge < -0.3 is 10.6 Å². The largest absolute Gasteiger partial charge is 0.375 e. The summed E-state index contributed by atoms with van der Waals surface area (Å²) in [6.45, 7) is 2.92. The zero-order chi connectivity index (χ0) is 15.6. The van der Waals surface area contributed by atoms with Crippen molar-refractivity contribution in [1.29, 1.82) is 0 Å². The molecule has 2 N–H and O–H groups in total. The minimum Gasteiger partial charge on any atom is -0.375 e. The van der Waals surface area contributed by atoms with Gasteiger partial charge in [0.2, 0.25) is 0 Å². The summed E-state index contributed by atoms with van der Waals surface area (Å²) < 4.78 is 23.4. The molecule has 116 valence electrons. The third kappa shape index (κ3) is 3.51. The third-order valence-corrected chi connectivity index (χ3v) is 4.81. The summed E-state index contributed by atoms with van der Waals surface area (Å²) in [5.41, 5.74) is -0.124. The van der Waals surface area contributed by atoms with Gasteiger partial charge >= 0.3 is 5.69 Å². The molecule has 1 saturated heterocycles. The van der Waals surface area contributed by atoms with Crippen LogP contribution in [-0.2, 0) is 9.84 Å². The van der Waals surface area contributed by atoms with E-state index in [1.807, 2.05) is 6.92 Å². The van der Waals surface area contributed by atoms with Gasteiger partial charge in [-0.15, -0.1) is 0 Å². The highest BCUT2D eigenvalue weighted by Crippen LogP contribution is 2.33. The van der Waals surface area contributed by atoms with Gasteiger partial charge in [0, 0.05) is 18.3 Å². The molecule has 0 aromatic heterocycles. The van der Waals surface area contributed by atoms with Gasteiger partial charge in [-0.3, -0.25) is 10.1 Å². The normalized spacial score (nSPS) is 22.8. The summed E-state index contributed by atoms with van der Waals surface area (Å²) in [7, 11) is -3.65. The fraction of sp³-hybridized carbons (Fsp3) is 0.538. The number of anilines is 1. The Morgan fingerprint density at radius 3 is 2.71 bits per heavy atom. The summed E-state index contributed by atoms with van der Waals surface area (Å²) >= 11 is 0. The SMILES string of the molecule is CC1NCCCC1Nc1cccc(S(C)(=O)=O)c1[N+](=O)[O-]. The monoisotopic (exact) mass is 313 g/mol. The Kier molecular flexibility index (Phi) is 4.48. The molecule has 2 unspecified atom stereocenters. The van der Waals surface area contributed by atoms with Gasteiger partial charge in [0.1, 0.15) is 10.6 Å². The van der Waals surface area contributed by atoms with Gasteiger partial charge in [-0.05, 0) is 38.4 Å². The molecular formula is C13H19N3O4S. The Balaban J connectivity index is 2.41. The summed E-state index contributed by atoms with van der Waals surface area (Å²) in [5.74, 6) is 0. The Bertz CT molecular complexity index is 645. The van der Waals surface area contributed by atoms with E-state index in [0.717, 1.165) is 25.6 Å². The van der Waals surface area contributed by atoms with Crippen LogP contribution in [0.3, 0.4) is 0 Å². The molecule has 0 amide bonds. The van der Waals surface area contributed by atoms with Crippen molar-refractivity contribution >= 4 is 21.2 Å². The molecule has 8 heteroatoms. The second-order valence-electron chi connectivity index (χ2n) is 5.32. The van der Waals surface area contributed by atoms with Crippen molar-refractivity contribution in [2.75, 3.05) is 18.1 Å². The molecule has 1 aromatic rings. The number of nitro groups is 1. The van der Waals surface area contributed by atoms with Crippen LogP contribution < -0.4 is 10.6 Å². The highest BCUT2D eigenvalue weighted by molar-refractivity contribution is 7.90. The van der Waals surface area contributed by atoms with E-state index in [2.05, 4.69) is 10.6 Å². The first kappa shape index (κ1) is 15.7. The summed E-state index contributed by atoms with van der Waals surface area (Å²) in [5, 5.41) is 17.7. The minimum absolute atomic E-state index is 0.0345. The van der Waals surface area contributed by atoms with Crippen molar-refractivity contribution in [2.45, 2.75) is 36.7 Å². The van der Waals surface area contributed by atoms with Crippen LogP contribution in [0.4, 0.5) is 11.4 Å². The number of nitrogens with one attached hydrogen (secondary N) is 2. The van der Waals surface area contributed by atoms with Crippen LogP contribution in [0.1, 0.15) is 19.8 Å². The molecule has 1 aliphatic heterocycles. The first-order valence-electron chi connectivity index (χ1n) is 6.78. The molecule has 0 saturated carbocycles. The molecule has 1 aromatic carbocycles. The lowest BCUT2D eigenvalue weighted by Crippen LogP contribution is -2.46. The third-order valence-electron chi connectivity index (χ3n) is 3.68. The lowest BCUT2D eigenvalue weighted by atomic mass is 9.99. The van der Waals surface area contributed by atoms with E-state index in [0.29, 0.717) is 0 Å². The fourth-order valence-corrected chi connectivity index (χ4v) is 3.43. The van der Waals surface area contributed by atoms with Crippen molar-refractivity contribution < 1.29 is 13.3 Å². The number of nitrogens with zero attached hydrogens (tertiary/aromatic N) is 1. The first-order chi connectivity index (χ1) is 9.80. The molecule has 2 atom stereocenters. The van der Waals surface area contributed by atoms with E-state index in [9.17, 15) is 18.5 Å². The Morgan fingerprint density at radius 2 is 2.14 bits per heavy atom. The van der Waals surface area contributed by atoms with Gasteiger partial charge in [0.05, 0.1) is 4.92 Å². The molecule has 1 aliphatic rings. The van der Waals surface area contributed by atoms with E-state index < -0.39 is 14.8 Å². The quantitative estimate of drug-likeness (QED) is 0.646. The van der Waals surface area contributed by atoms with E-state index in [1.54, 1.807) is 6.07 Å². The first-order valence-corrected chi connectivity index (χ1v) is 8.67. The number of hydrogen-bond donors (Lipinski definition) is 2. The minimum atomic E-state index is -3.65. The van der Waals surface area contributed by atoms with Gasteiger partial charge in [0.25, 0.3) is 0 Å². The molecule has 0 bridgehead atoms. The number of piperidine rings is 1. The number of para-hydroxylation sites is 1. The van der Waals surface area contributed by atoms with Crippen molar-refractivity contribution in [1.82, 2.24) is 5.32 Å². The molecule has 2 rings (SSSR count). The van der Waals surface area contributed by atoms with Crippen LogP contribution in [0.15, 0.2) is 23.1 Å². The Hall–Kier alpha value is -1.67. The highest BCUT2D eigenvalue weighted by atomic mass is 32.2. The van der Waals surface area contributed by atoms with Crippen LogP contribution >= 0.6 is 0 Å². The van der Waals surface area contributed by atoms with Crippen LogP contribution in [0, 0.1) is 10.1 Å². The maximum atomic E-state index is 11.7. The van der Waals surface area contributed by atoms with E-state index in [-0.39, 0.29) is 28.4 Å². The predicted octanol–water partition coefficient (Wildman–Crippen LogP) is 1.55. The molecule has 1 fully saturated rings. The maximum Gasteiger partial charge on any atom is 0.310 e. The van der Waals surface area contributed by atoms with Gasteiger partial charge in [-0.2, -0.15) is 0 Å². The van der Waals surface area contributed by atoms with Crippen LogP contribution in [-0.4, -0.2) is 38.2 Å². The summed E-state index contributed by atoms with van der Waals surface area (Å²) in [4.78, 5) is 10.4. The topological polar surface area (TPSA) is 101 Å². The number of sulfone groups is 1. The molecule has 0 spiro atoms. The molecule has 21 heavy (non-hydrogen) atoms. The van der Waals surface area contributed by atoms with E-state index >= 15 is 0 Å². The molecule has 7 nitrogen and oxygen atoms in total. The smallest absolute Gasteiger partial charge is 0.310 e. The fourth-order valence-electron chi connectivity index (χ4n) is 2.57. The second-order valence-corrected chi connectivity index (χ2v) is 7.30. The molecule has 0 radical (unpaired) electrons.